The third-order valence-corrected chi connectivity index (χ3v) is 7.76. The molecule has 0 radical (unpaired) electrons. The minimum absolute atomic E-state index is 0.00109. The Balaban J connectivity index is 1.77. The number of halogens is 1. The van der Waals surface area contributed by atoms with E-state index in [4.69, 9.17) is 11.6 Å². The Morgan fingerprint density at radius 2 is 1.82 bits per heavy atom. The van der Waals surface area contributed by atoms with Crippen molar-refractivity contribution in [2.24, 2.45) is 5.92 Å². The fourth-order valence-corrected chi connectivity index (χ4v) is 5.88. The summed E-state index contributed by atoms with van der Waals surface area (Å²) < 4.78 is 0.954. The molecular weight excluding hydrogens is 530 g/mol. The lowest BCUT2D eigenvalue weighted by atomic mass is 9.94. The number of aromatic nitrogens is 1. The van der Waals surface area contributed by atoms with Gasteiger partial charge in [-0.3, -0.25) is 14.4 Å². The van der Waals surface area contributed by atoms with Crippen LogP contribution in [-0.4, -0.2) is 54.0 Å². The molecule has 1 heterocycles. The highest BCUT2D eigenvalue weighted by Gasteiger charge is 2.26. The molecule has 0 saturated carbocycles. The molecule has 6 nitrogen and oxygen atoms in total. The molecule has 1 aromatic heterocycles. The zero-order chi connectivity index (χ0) is 28.4. The number of likely N-dealkylation sites (N-methyl/N-ethyl adjacent to an activating group) is 1. The number of fused-ring (bicyclic) bond motifs is 1. The van der Waals surface area contributed by atoms with Gasteiger partial charge in [-0.15, -0.1) is 11.3 Å². The van der Waals surface area contributed by atoms with Crippen LogP contribution >= 0.6 is 22.9 Å². The van der Waals surface area contributed by atoms with Gasteiger partial charge in [0.1, 0.15) is 5.78 Å². The number of nitrogens with zero attached hydrogens (tertiary/aromatic N) is 2. The Morgan fingerprint density at radius 1 is 1.08 bits per heavy atom. The summed E-state index contributed by atoms with van der Waals surface area (Å²) in [5, 5.41) is 4.62. The maximum absolute atomic E-state index is 13.7. The van der Waals surface area contributed by atoms with Crippen LogP contribution in [0.4, 0.5) is 0 Å². The van der Waals surface area contributed by atoms with E-state index in [1.54, 1.807) is 6.07 Å². The van der Waals surface area contributed by atoms with E-state index in [0.29, 0.717) is 49.2 Å². The van der Waals surface area contributed by atoms with Crippen LogP contribution in [0.25, 0.3) is 10.2 Å². The minimum Gasteiger partial charge on any atom is -0.353 e. The number of Topliss-reactive ketones (excluding diaryl/α,β-unsaturated/α-hetero) is 2. The summed E-state index contributed by atoms with van der Waals surface area (Å²) in [5.74, 6) is -0.662. The van der Waals surface area contributed by atoms with E-state index >= 15 is 0 Å². The molecule has 0 unspecified atom stereocenters. The van der Waals surface area contributed by atoms with Gasteiger partial charge >= 0.3 is 0 Å². The number of hydrogen-bond donors (Lipinski definition) is 1. The second-order valence-corrected chi connectivity index (χ2v) is 11.9. The van der Waals surface area contributed by atoms with Crippen molar-refractivity contribution < 1.29 is 14.4 Å². The number of carbonyl (C=O) groups is 3. The fraction of sp³-hybridized carbons (Fsp3) is 0.419. The van der Waals surface area contributed by atoms with Gasteiger partial charge in [-0.05, 0) is 57.1 Å². The quantitative estimate of drug-likeness (QED) is 0.213. The van der Waals surface area contributed by atoms with Crippen molar-refractivity contribution in [1.29, 1.82) is 0 Å². The summed E-state index contributed by atoms with van der Waals surface area (Å²) in [7, 11) is 3.80. The highest BCUT2D eigenvalue weighted by Crippen LogP contribution is 2.28. The molecule has 0 bridgehead atoms. The molecule has 0 aliphatic heterocycles. The van der Waals surface area contributed by atoms with Crippen LogP contribution in [0.15, 0.2) is 60.7 Å². The number of carbonyl (C=O) groups excluding carboxylic acids is 3. The topological polar surface area (TPSA) is 79.4 Å². The molecule has 8 heteroatoms. The smallest absolute Gasteiger partial charge is 0.224 e. The molecule has 0 aliphatic carbocycles. The van der Waals surface area contributed by atoms with Crippen molar-refractivity contribution in [3.8, 4) is 0 Å². The molecular formula is C31H38ClN3O3S. The van der Waals surface area contributed by atoms with Crippen LogP contribution in [-0.2, 0) is 27.2 Å². The van der Waals surface area contributed by atoms with Crippen LogP contribution in [0.5, 0.6) is 0 Å². The van der Waals surface area contributed by atoms with Gasteiger partial charge in [0, 0.05) is 48.9 Å². The summed E-state index contributed by atoms with van der Waals surface area (Å²) in [5.41, 5.74) is 2.46. The van der Waals surface area contributed by atoms with Crippen molar-refractivity contribution in [3.05, 3.63) is 76.3 Å². The van der Waals surface area contributed by atoms with E-state index in [-0.39, 0.29) is 29.9 Å². The van der Waals surface area contributed by atoms with E-state index in [1.165, 1.54) is 11.3 Å². The summed E-state index contributed by atoms with van der Waals surface area (Å²) in [6, 6.07) is 15.2. The van der Waals surface area contributed by atoms with E-state index in [0.717, 1.165) is 27.2 Å². The van der Waals surface area contributed by atoms with Gasteiger partial charge in [0.25, 0.3) is 0 Å². The first-order chi connectivity index (χ1) is 18.6. The first-order valence-corrected chi connectivity index (χ1v) is 14.6. The Morgan fingerprint density at radius 3 is 2.51 bits per heavy atom. The predicted octanol–water partition coefficient (Wildman–Crippen LogP) is 6.06. The number of benzene rings is 2. The highest BCUT2D eigenvalue weighted by atomic mass is 35.5. The molecule has 0 fully saturated rings. The molecule has 0 saturated heterocycles. The Hall–Kier alpha value is -2.87. The Bertz CT molecular complexity index is 1290. The molecule has 208 valence electrons. The number of amides is 1. The van der Waals surface area contributed by atoms with Gasteiger partial charge < -0.3 is 10.2 Å². The van der Waals surface area contributed by atoms with Crippen molar-refractivity contribution in [2.45, 2.75) is 57.9 Å². The normalized spacial score (nSPS) is 12.8. The average Bonchev–Trinajstić information content (AvgIpc) is 3.28. The molecule has 0 spiro atoms. The van der Waals surface area contributed by atoms with Crippen LogP contribution in [0.3, 0.4) is 0 Å². The molecule has 1 N–H and O–H groups in total. The zero-order valence-corrected chi connectivity index (χ0v) is 24.6. The van der Waals surface area contributed by atoms with Crippen LogP contribution in [0, 0.1) is 5.92 Å². The van der Waals surface area contributed by atoms with Crippen molar-refractivity contribution in [3.63, 3.8) is 0 Å². The maximum atomic E-state index is 13.7. The molecule has 2 atom stereocenters. The van der Waals surface area contributed by atoms with E-state index < -0.39 is 5.92 Å². The van der Waals surface area contributed by atoms with Crippen molar-refractivity contribution >= 4 is 50.6 Å². The third-order valence-electron chi connectivity index (χ3n) is 6.48. The Labute approximate surface area is 240 Å². The lowest BCUT2D eigenvalue weighted by molar-refractivity contribution is -0.130. The van der Waals surface area contributed by atoms with E-state index in [9.17, 15) is 14.4 Å². The first kappa shape index (κ1) is 30.7. The number of thiazole rings is 1. The number of nitrogens with one attached hydrogen (secondary N) is 1. The average molecular weight is 568 g/mol. The zero-order valence-electron chi connectivity index (χ0n) is 23.0. The lowest BCUT2D eigenvalue weighted by Crippen LogP contribution is -2.41. The lowest BCUT2D eigenvalue weighted by Gasteiger charge is -2.23. The molecule has 3 rings (SSSR count). The van der Waals surface area contributed by atoms with Crippen molar-refractivity contribution in [1.82, 2.24) is 15.2 Å². The monoisotopic (exact) mass is 567 g/mol. The molecule has 1 amide bonds. The SMILES string of the molecule is C=C(CN(C)C)C(=O)CC[C@H](Cc1ccccc1)NC(=O)[C@@H](CC(=O)CCC)Cc1nc2ccc(Cl)cc2s1. The van der Waals surface area contributed by atoms with Crippen LogP contribution in [0.1, 0.15) is 49.6 Å². The molecule has 3 aromatic rings. The number of rotatable bonds is 16. The fourth-order valence-electron chi connectivity index (χ4n) is 4.55. The standard InChI is InChI=1S/C31H38ClN3O3S/c1-5-9-26(36)17-23(18-30-34-27-14-12-24(32)19-29(27)39-30)31(38)33-25(16-22-10-7-6-8-11-22)13-15-28(37)21(2)20-35(3)4/h6-8,10-12,14,19,23,25H,2,5,9,13,15-18,20H2,1,3-4H3,(H,33,38)/t23-,25+/m0/s1. The largest absolute Gasteiger partial charge is 0.353 e. The third kappa shape index (κ3) is 9.99. The highest BCUT2D eigenvalue weighted by molar-refractivity contribution is 7.18. The second kappa shape index (κ2) is 15.1. The molecule has 2 aromatic carbocycles. The summed E-state index contributed by atoms with van der Waals surface area (Å²) in [6.45, 7) is 6.40. The van der Waals surface area contributed by atoms with Gasteiger partial charge in [-0.25, -0.2) is 4.98 Å². The number of hydrogen-bond acceptors (Lipinski definition) is 6. The molecule has 0 aliphatic rings. The van der Waals surface area contributed by atoms with Crippen LogP contribution in [0.2, 0.25) is 5.02 Å². The number of ketones is 2. The summed E-state index contributed by atoms with van der Waals surface area (Å²) in [6.07, 6.45) is 3.08. The summed E-state index contributed by atoms with van der Waals surface area (Å²) in [4.78, 5) is 45.6. The van der Waals surface area contributed by atoms with E-state index in [1.807, 2.05) is 68.4 Å². The van der Waals surface area contributed by atoms with Crippen molar-refractivity contribution in [2.75, 3.05) is 20.6 Å². The van der Waals surface area contributed by atoms with Gasteiger partial charge in [0.2, 0.25) is 5.91 Å². The molecule has 39 heavy (non-hydrogen) atoms. The van der Waals surface area contributed by atoms with Gasteiger partial charge in [0.05, 0.1) is 21.1 Å². The van der Waals surface area contributed by atoms with Crippen LogP contribution < -0.4 is 5.32 Å². The van der Waals surface area contributed by atoms with Gasteiger partial charge in [-0.2, -0.15) is 0 Å². The predicted molar refractivity (Wildman–Crippen MR) is 160 cm³/mol. The van der Waals surface area contributed by atoms with E-state index in [2.05, 4.69) is 16.9 Å². The first-order valence-electron chi connectivity index (χ1n) is 13.4. The Kier molecular flexibility index (Phi) is 11.8. The maximum Gasteiger partial charge on any atom is 0.224 e. The minimum atomic E-state index is -0.544. The second-order valence-electron chi connectivity index (χ2n) is 10.3. The van der Waals surface area contributed by atoms with Gasteiger partial charge in [-0.1, -0.05) is 55.4 Å². The summed E-state index contributed by atoms with van der Waals surface area (Å²) >= 11 is 7.64. The van der Waals surface area contributed by atoms with Gasteiger partial charge in [0.15, 0.2) is 5.78 Å².